The fourth-order valence-corrected chi connectivity index (χ4v) is 2.49. The summed E-state index contributed by atoms with van der Waals surface area (Å²) in [5.41, 5.74) is 0.920. The summed E-state index contributed by atoms with van der Waals surface area (Å²) in [6.45, 7) is -5.75. The topological polar surface area (TPSA) is 66.0 Å². The van der Waals surface area contributed by atoms with Crippen molar-refractivity contribution in [3.05, 3.63) is 47.5 Å². The Bertz CT molecular complexity index is 832. The van der Waals surface area contributed by atoms with Gasteiger partial charge in [0.1, 0.15) is 0 Å². The fraction of sp³-hybridized carbons (Fsp3) is 0.316. The number of hydrogen-bond acceptors (Lipinski definition) is 5. The molecule has 2 aromatic rings. The predicted molar refractivity (Wildman–Crippen MR) is 95.3 cm³/mol. The van der Waals surface area contributed by atoms with Crippen LogP contribution < -0.4 is 24.3 Å². The van der Waals surface area contributed by atoms with Crippen molar-refractivity contribution in [1.82, 2.24) is 5.32 Å². The zero-order chi connectivity index (χ0) is 21.4. The number of ether oxygens (including phenoxy) is 4. The first-order chi connectivity index (χ1) is 13.8. The largest absolute Gasteiger partial charge is 0.493 e. The summed E-state index contributed by atoms with van der Waals surface area (Å²) in [6.07, 6.45) is 0.390. The molecule has 0 spiro atoms. The molecule has 6 nitrogen and oxygen atoms in total. The molecular weight excluding hydrogens is 398 g/mol. The molecule has 0 saturated heterocycles. The van der Waals surface area contributed by atoms with Crippen LogP contribution in [0.25, 0.3) is 0 Å². The number of rotatable bonds is 10. The highest BCUT2D eigenvalue weighted by atomic mass is 19.3. The second-order valence-electron chi connectivity index (χ2n) is 5.61. The third kappa shape index (κ3) is 6.44. The highest BCUT2D eigenvalue weighted by Crippen LogP contribution is 2.30. The second-order valence-corrected chi connectivity index (χ2v) is 5.61. The Morgan fingerprint density at radius 3 is 1.97 bits per heavy atom. The van der Waals surface area contributed by atoms with Crippen LogP contribution in [0.3, 0.4) is 0 Å². The lowest BCUT2D eigenvalue weighted by atomic mass is 10.1. The summed E-state index contributed by atoms with van der Waals surface area (Å²) < 4.78 is 68.0. The summed E-state index contributed by atoms with van der Waals surface area (Å²) in [6, 6.07) is 8.29. The van der Waals surface area contributed by atoms with Crippen molar-refractivity contribution >= 4 is 5.91 Å². The standard InChI is InChI=1S/C19H19F4NO5/c1-26-15-9-11(3-5-13(15)28-18(20)21)7-8-24-17(25)12-4-6-14(29-19(22)23)16(10-12)27-2/h3-6,9-10,18-19H,7-8H2,1-2H3,(H,24,25). The van der Waals surface area contributed by atoms with Gasteiger partial charge in [-0.15, -0.1) is 0 Å². The second kappa shape index (κ2) is 10.4. The number of amides is 1. The average molecular weight is 417 g/mol. The van der Waals surface area contributed by atoms with Gasteiger partial charge in [0.25, 0.3) is 5.91 Å². The van der Waals surface area contributed by atoms with Crippen LogP contribution in [0, 0.1) is 0 Å². The monoisotopic (exact) mass is 417 g/mol. The van der Waals surface area contributed by atoms with Gasteiger partial charge in [0, 0.05) is 12.1 Å². The van der Waals surface area contributed by atoms with E-state index in [2.05, 4.69) is 14.8 Å². The minimum absolute atomic E-state index is 0.00250. The van der Waals surface area contributed by atoms with E-state index in [-0.39, 0.29) is 35.1 Å². The molecule has 0 bridgehead atoms. The molecule has 1 N–H and O–H groups in total. The van der Waals surface area contributed by atoms with E-state index < -0.39 is 19.1 Å². The van der Waals surface area contributed by atoms with Crippen molar-refractivity contribution < 1.29 is 41.3 Å². The van der Waals surface area contributed by atoms with Crippen LogP contribution in [0.2, 0.25) is 0 Å². The number of methoxy groups -OCH3 is 2. The summed E-state index contributed by atoms with van der Waals surface area (Å²) in [5, 5.41) is 2.67. The Morgan fingerprint density at radius 1 is 0.862 bits per heavy atom. The fourth-order valence-electron chi connectivity index (χ4n) is 2.49. The van der Waals surface area contributed by atoms with Crippen molar-refractivity contribution in [3.63, 3.8) is 0 Å². The number of nitrogens with one attached hydrogen (secondary N) is 1. The van der Waals surface area contributed by atoms with Gasteiger partial charge in [-0.25, -0.2) is 0 Å². The molecule has 2 rings (SSSR count). The molecule has 0 aromatic heterocycles. The van der Waals surface area contributed by atoms with Gasteiger partial charge in [0.15, 0.2) is 23.0 Å². The maximum Gasteiger partial charge on any atom is 0.387 e. The van der Waals surface area contributed by atoms with E-state index in [4.69, 9.17) is 9.47 Å². The third-order valence-corrected chi connectivity index (χ3v) is 3.79. The molecule has 2 aromatic carbocycles. The van der Waals surface area contributed by atoms with Crippen molar-refractivity contribution in [3.8, 4) is 23.0 Å². The maximum atomic E-state index is 12.4. The van der Waals surface area contributed by atoms with Gasteiger partial charge in [0.05, 0.1) is 14.2 Å². The lowest BCUT2D eigenvalue weighted by Crippen LogP contribution is -2.25. The van der Waals surface area contributed by atoms with Gasteiger partial charge < -0.3 is 24.3 Å². The van der Waals surface area contributed by atoms with Crippen molar-refractivity contribution in [1.29, 1.82) is 0 Å². The number of benzene rings is 2. The van der Waals surface area contributed by atoms with Crippen LogP contribution in [0.4, 0.5) is 17.6 Å². The van der Waals surface area contributed by atoms with Crippen LogP contribution in [-0.4, -0.2) is 39.9 Å². The minimum Gasteiger partial charge on any atom is -0.493 e. The zero-order valence-electron chi connectivity index (χ0n) is 15.6. The molecule has 10 heteroatoms. The lowest BCUT2D eigenvalue weighted by Gasteiger charge is -2.12. The molecule has 0 aliphatic carbocycles. The normalized spacial score (nSPS) is 10.8. The first-order valence-electron chi connectivity index (χ1n) is 8.36. The van der Waals surface area contributed by atoms with Crippen molar-refractivity contribution in [2.75, 3.05) is 20.8 Å². The summed E-state index contributed by atoms with van der Waals surface area (Å²) in [4.78, 5) is 12.3. The van der Waals surface area contributed by atoms with Crippen molar-refractivity contribution in [2.45, 2.75) is 19.6 Å². The molecular formula is C19H19F4NO5. The Hall–Kier alpha value is -3.17. The number of carbonyl (C=O) groups is 1. The van der Waals surface area contributed by atoms with Gasteiger partial charge in [0.2, 0.25) is 0 Å². The van der Waals surface area contributed by atoms with Gasteiger partial charge in [-0.05, 0) is 42.3 Å². The van der Waals surface area contributed by atoms with Gasteiger partial charge in [-0.2, -0.15) is 17.6 Å². The molecule has 0 aliphatic rings. The van der Waals surface area contributed by atoms with Crippen LogP contribution in [0.15, 0.2) is 36.4 Å². The first-order valence-corrected chi connectivity index (χ1v) is 8.36. The SMILES string of the molecule is COc1cc(CCNC(=O)c2ccc(OC(F)F)c(OC)c2)ccc1OC(F)F. The molecule has 0 saturated carbocycles. The Morgan fingerprint density at radius 2 is 1.41 bits per heavy atom. The summed E-state index contributed by atoms with van der Waals surface area (Å²) >= 11 is 0. The molecule has 0 aliphatic heterocycles. The van der Waals surface area contributed by atoms with E-state index in [0.717, 1.165) is 5.56 Å². The Kier molecular flexibility index (Phi) is 7.93. The van der Waals surface area contributed by atoms with E-state index >= 15 is 0 Å². The molecule has 0 heterocycles. The average Bonchev–Trinajstić information content (AvgIpc) is 2.68. The van der Waals surface area contributed by atoms with Gasteiger partial charge in [-0.3, -0.25) is 4.79 Å². The molecule has 1 amide bonds. The molecule has 0 atom stereocenters. The zero-order valence-corrected chi connectivity index (χ0v) is 15.6. The first kappa shape index (κ1) is 22.1. The maximum absolute atomic E-state index is 12.4. The molecule has 0 unspecified atom stereocenters. The van der Waals surface area contributed by atoms with E-state index in [0.29, 0.717) is 6.42 Å². The van der Waals surface area contributed by atoms with Crippen LogP contribution in [0.5, 0.6) is 23.0 Å². The minimum atomic E-state index is -3.02. The van der Waals surface area contributed by atoms with Gasteiger partial charge >= 0.3 is 13.2 Å². The third-order valence-electron chi connectivity index (χ3n) is 3.79. The summed E-state index contributed by atoms with van der Waals surface area (Å²) in [7, 11) is 2.60. The van der Waals surface area contributed by atoms with Gasteiger partial charge in [-0.1, -0.05) is 6.07 Å². The summed E-state index contributed by atoms with van der Waals surface area (Å²) in [5.74, 6) is -0.576. The Balaban J connectivity index is 1.97. The smallest absolute Gasteiger partial charge is 0.387 e. The lowest BCUT2D eigenvalue weighted by molar-refractivity contribution is -0.0518. The van der Waals surface area contributed by atoms with Crippen LogP contribution >= 0.6 is 0 Å². The highest BCUT2D eigenvalue weighted by Gasteiger charge is 2.15. The molecule has 158 valence electrons. The number of carbonyl (C=O) groups excluding carboxylic acids is 1. The van der Waals surface area contributed by atoms with Crippen LogP contribution in [-0.2, 0) is 6.42 Å². The number of halogens is 4. The van der Waals surface area contributed by atoms with E-state index in [1.54, 1.807) is 6.07 Å². The van der Waals surface area contributed by atoms with E-state index in [1.165, 1.54) is 44.6 Å². The Labute approximate surface area is 164 Å². The molecule has 0 radical (unpaired) electrons. The molecule has 29 heavy (non-hydrogen) atoms. The van der Waals surface area contributed by atoms with E-state index in [1.807, 2.05) is 0 Å². The highest BCUT2D eigenvalue weighted by molar-refractivity contribution is 5.94. The quantitative estimate of drug-likeness (QED) is 0.595. The van der Waals surface area contributed by atoms with E-state index in [9.17, 15) is 22.4 Å². The molecule has 0 fully saturated rings. The predicted octanol–water partition coefficient (Wildman–Crippen LogP) is 3.88. The number of alkyl halides is 4. The van der Waals surface area contributed by atoms with Crippen LogP contribution in [0.1, 0.15) is 15.9 Å². The van der Waals surface area contributed by atoms with Crippen molar-refractivity contribution in [2.24, 2.45) is 0 Å². The number of hydrogen-bond donors (Lipinski definition) is 1.